The topological polar surface area (TPSA) is 113 Å². The van der Waals surface area contributed by atoms with Crippen molar-refractivity contribution in [1.82, 2.24) is 24.8 Å². The number of sulfonamides is 1. The molecular weight excluding hydrogens is 486 g/mol. The lowest BCUT2D eigenvalue weighted by molar-refractivity contribution is 0.221. The van der Waals surface area contributed by atoms with Crippen LogP contribution in [0.15, 0.2) is 53.9 Å². The zero-order valence-electron chi connectivity index (χ0n) is 19.6. The van der Waals surface area contributed by atoms with E-state index in [-0.39, 0.29) is 15.9 Å². The number of benzene rings is 1. The largest absolute Gasteiger partial charge is 0.351 e. The van der Waals surface area contributed by atoms with Crippen LogP contribution in [0.3, 0.4) is 0 Å². The molecule has 1 aromatic carbocycles. The number of nitrogens with one attached hydrogen (secondary N) is 2. The molecule has 2 heterocycles. The highest BCUT2D eigenvalue weighted by atomic mass is 35.5. The van der Waals surface area contributed by atoms with Crippen molar-refractivity contribution in [3.05, 3.63) is 65.2 Å². The van der Waals surface area contributed by atoms with E-state index in [1.54, 1.807) is 30.6 Å². The lowest BCUT2D eigenvalue weighted by Crippen LogP contribution is -2.36. The van der Waals surface area contributed by atoms with Gasteiger partial charge < -0.3 is 10.2 Å². The summed E-state index contributed by atoms with van der Waals surface area (Å²) in [6.45, 7) is 0. The van der Waals surface area contributed by atoms with Gasteiger partial charge in [-0.3, -0.25) is 0 Å². The molecule has 0 saturated heterocycles. The summed E-state index contributed by atoms with van der Waals surface area (Å²) in [5.41, 5.74) is 1.53. The number of hydrogen-bond acceptors (Lipinski definition) is 8. The molecule has 0 aliphatic heterocycles. The van der Waals surface area contributed by atoms with Crippen LogP contribution in [0.25, 0.3) is 12.2 Å². The second kappa shape index (κ2) is 11.1. The van der Waals surface area contributed by atoms with Crippen LogP contribution in [0.1, 0.15) is 36.8 Å². The van der Waals surface area contributed by atoms with Crippen molar-refractivity contribution in [2.75, 3.05) is 24.1 Å². The Hall–Kier alpha value is -3.08. The van der Waals surface area contributed by atoms with Gasteiger partial charge in [-0.2, -0.15) is 0 Å². The van der Waals surface area contributed by atoms with E-state index in [2.05, 4.69) is 49.0 Å². The first-order chi connectivity index (χ1) is 16.8. The monoisotopic (exact) mass is 513 g/mol. The minimum Gasteiger partial charge on any atom is -0.351 e. The van der Waals surface area contributed by atoms with Gasteiger partial charge in [-0.1, -0.05) is 35.9 Å². The van der Waals surface area contributed by atoms with E-state index >= 15 is 0 Å². The van der Waals surface area contributed by atoms with Gasteiger partial charge in [0.05, 0.1) is 5.02 Å². The molecule has 2 aromatic heterocycles. The molecule has 0 amide bonds. The summed E-state index contributed by atoms with van der Waals surface area (Å²) in [4.78, 5) is 19.3. The van der Waals surface area contributed by atoms with Crippen LogP contribution in [-0.2, 0) is 10.0 Å². The van der Waals surface area contributed by atoms with Crippen LogP contribution < -0.4 is 10.0 Å². The normalized spacial score (nSPS) is 18.6. The SMILES string of the molecule is CN(C)C1CCC(Nc2ncc(C=Cc3cnc(NS(=O)(=O)c4ccccc4Cl)nc3)cn2)CC1. The average Bonchev–Trinajstić information content (AvgIpc) is 2.85. The Balaban J connectivity index is 1.32. The zero-order valence-corrected chi connectivity index (χ0v) is 21.2. The third-order valence-electron chi connectivity index (χ3n) is 5.92. The Morgan fingerprint density at radius 2 is 1.43 bits per heavy atom. The molecule has 3 aromatic rings. The van der Waals surface area contributed by atoms with Crippen molar-refractivity contribution in [1.29, 1.82) is 0 Å². The Kier molecular flexibility index (Phi) is 7.94. The second-order valence-electron chi connectivity index (χ2n) is 8.66. The molecule has 35 heavy (non-hydrogen) atoms. The third-order valence-corrected chi connectivity index (χ3v) is 7.75. The van der Waals surface area contributed by atoms with E-state index < -0.39 is 10.0 Å². The van der Waals surface area contributed by atoms with Gasteiger partial charge in [-0.05, 0) is 51.9 Å². The van der Waals surface area contributed by atoms with Gasteiger partial charge in [-0.15, -0.1) is 0 Å². The Labute approximate surface area is 210 Å². The molecule has 0 radical (unpaired) electrons. The van der Waals surface area contributed by atoms with Crippen LogP contribution in [0.4, 0.5) is 11.9 Å². The molecule has 1 aliphatic carbocycles. The molecule has 0 atom stereocenters. The smallest absolute Gasteiger partial charge is 0.265 e. The number of hydrogen-bond donors (Lipinski definition) is 2. The Morgan fingerprint density at radius 3 is 1.97 bits per heavy atom. The van der Waals surface area contributed by atoms with Crippen molar-refractivity contribution in [3.8, 4) is 0 Å². The molecular formula is C24H28ClN7O2S. The highest BCUT2D eigenvalue weighted by Crippen LogP contribution is 2.24. The maximum atomic E-state index is 12.5. The van der Waals surface area contributed by atoms with Gasteiger partial charge in [0, 0.05) is 48.0 Å². The van der Waals surface area contributed by atoms with Gasteiger partial charge in [0.25, 0.3) is 10.0 Å². The fraction of sp³-hybridized carbons (Fsp3) is 0.333. The highest BCUT2D eigenvalue weighted by molar-refractivity contribution is 7.92. The van der Waals surface area contributed by atoms with E-state index in [9.17, 15) is 8.42 Å². The van der Waals surface area contributed by atoms with Crippen LogP contribution in [0, 0.1) is 0 Å². The minimum atomic E-state index is -3.88. The Morgan fingerprint density at radius 1 is 0.886 bits per heavy atom. The summed E-state index contributed by atoms with van der Waals surface area (Å²) in [5.74, 6) is 0.592. The van der Waals surface area contributed by atoms with Gasteiger partial charge in [0.15, 0.2) is 0 Å². The first kappa shape index (κ1) is 25.0. The number of aromatic nitrogens is 4. The molecule has 9 nitrogen and oxygen atoms in total. The van der Waals surface area contributed by atoms with Gasteiger partial charge in [0.2, 0.25) is 11.9 Å². The molecule has 0 spiro atoms. The second-order valence-corrected chi connectivity index (χ2v) is 10.7. The summed E-state index contributed by atoms with van der Waals surface area (Å²) < 4.78 is 27.3. The van der Waals surface area contributed by atoms with E-state index in [1.807, 2.05) is 6.08 Å². The number of halogens is 1. The molecule has 1 saturated carbocycles. The summed E-state index contributed by atoms with van der Waals surface area (Å²) in [7, 11) is 0.390. The summed E-state index contributed by atoms with van der Waals surface area (Å²) in [6, 6.07) is 7.23. The maximum absolute atomic E-state index is 12.5. The average molecular weight is 514 g/mol. The molecule has 0 unspecified atom stereocenters. The van der Waals surface area contributed by atoms with Crippen molar-refractivity contribution >= 4 is 45.7 Å². The van der Waals surface area contributed by atoms with E-state index in [1.165, 1.54) is 37.4 Å². The van der Waals surface area contributed by atoms with Crippen molar-refractivity contribution < 1.29 is 8.42 Å². The lowest BCUT2D eigenvalue weighted by atomic mass is 9.91. The summed E-state index contributed by atoms with van der Waals surface area (Å²) in [6.07, 6.45) is 14.8. The van der Waals surface area contributed by atoms with Gasteiger partial charge in [-0.25, -0.2) is 33.1 Å². The Bertz CT molecular complexity index is 1260. The predicted octanol–water partition coefficient (Wildman–Crippen LogP) is 4.18. The summed E-state index contributed by atoms with van der Waals surface area (Å²) >= 11 is 5.99. The highest BCUT2D eigenvalue weighted by Gasteiger charge is 2.22. The standard InChI is InChI=1S/C24H28ClN7O2S/c1-32(2)20-11-9-19(10-12-20)30-23-26-13-17(14-27-23)7-8-18-15-28-24(29-16-18)31-35(33,34)22-6-4-3-5-21(22)25/h3-8,13-16,19-20H,9-12H2,1-2H3,(H,26,27,30)(H,28,29,31). The number of anilines is 2. The molecule has 2 N–H and O–H groups in total. The van der Waals surface area contributed by atoms with Crippen LogP contribution >= 0.6 is 11.6 Å². The van der Waals surface area contributed by atoms with Crippen LogP contribution in [0.2, 0.25) is 5.02 Å². The molecule has 184 valence electrons. The fourth-order valence-electron chi connectivity index (χ4n) is 3.92. The van der Waals surface area contributed by atoms with Crippen molar-refractivity contribution in [3.63, 3.8) is 0 Å². The quantitative estimate of drug-likeness (QED) is 0.461. The first-order valence-electron chi connectivity index (χ1n) is 11.3. The molecule has 1 aliphatic rings. The fourth-order valence-corrected chi connectivity index (χ4v) is 5.40. The third kappa shape index (κ3) is 6.74. The number of nitrogens with zero attached hydrogens (tertiary/aromatic N) is 5. The molecule has 4 rings (SSSR count). The van der Waals surface area contributed by atoms with Crippen LogP contribution in [0.5, 0.6) is 0 Å². The minimum absolute atomic E-state index is 0.0339. The lowest BCUT2D eigenvalue weighted by Gasteiger charge is -2.32. The van der Waals surface area contributed by atoms with E-state index in [0.717, 1.165) is 18.4 Å². The van der Waals surface area contributed by atoms with E-state index in [4.69, 9.17) is 11.6 Å². The van der Waals surface area contributed by atoms with Gasteiger partial charge in [0.1, 0.15) is 4.90 Å². The first-order valence-corrected chi connectivity index (χ1v) is 13.2. The molecule has 0 bridgehead atoms. The van der Waals surface area contributed by atoms with Gasteiger partial charge >= 0.3 is 0 Å². The van der Waals surface area contributed by atoms with Crippen molar-refractivity contribution in [2.45, 2.75) is 42.7 Å². The maximum Gasteiger partial charge on any atom is 0.265 e. The number of rotatable bonds is 8. The van der Waals surface area contributed by atoms with Crippen LogP contribution in [-0.4, -0.2) is 59.4 Å². The molecule has 11 heteroatoms. The predicted molar refractivity (Wildman–Crippen MR) is 139 cm³/mol. The zero-order chi connectivity index (χ0) is 24.8. The van der Waals surface area contributed by atoms with E-state index in [0.29, 0.717) is 23.6 Å². The summed E-state index contributed by atoms with van der Waals surface area (Å²) in [5, 5.41) is 3.56. The molecule has 1 fully saturated rings. The van der Waals surface area contributed by atoms with Crippen molar-refractivity contribution in [2.24, 2.45) is 0 Å².